The molecular weight excluding hydrogens is 217 g/mol. The molecule has 1 N–H and O–H groups in total. The number of hydrogen-bond donors (Lipinski definition) is 1. The zero-order valence-corrected chi connectivity index (χ0v) is 10.9. The number of amides is 1. The predicted octanol–water partition coefficient (Wildman–Crippen LogP) is 3.30. The first-order valence-corrected chi connectivity index (χ1v) is 5.84. The minimum atomic E-state index is -0.460. The van der Waals surface area contributed by atoms with Crippen molar-refractivity contribution in [2.75, 3.05) is 6.54 Å². The Balaban J connectivity index is 2.59. The smallest absolute Gasteiger partial charge is 0.254 e. The summed E-state index contributed by atoms with van der Waals surface area (Å²) in [5.74, 6) is -0.801. The number of halogens is 1. The van der Waals surface area contributed by atoms with Crippen molar-refractivity contribution in [3.63, 3.8) is 0 Å². The Morgan fingerprint density at radius 1 is 1.35 bits per heavy atom. The van der Waals surface area contributed by atoms with Gasteiger partial charge < -0.3 is 5.32 Å². The van der Waals surface area contributed by atoms with Crippen LogP contribution in [0.1, 0.15) is 43.1 Å². The van der Waals surface area contributed by atoms with E-state index in [-0.39, 0.29) is 16.9 Å². The van der Waals surface area contributed by atoms with Gasteiger partial charge in [-0.1, -0.05) is 26.8 Å². The Bertz CT molecular complexity index is 407. The van der Waals surface area contributed by atoms with Gasteiger partial charge in [0.25, 0.3) is 5.91 Å². The molecule has 1 amide bonds. The third-order valence-corrected chi connectivity index (χ3v) is 2.53. The van der Waals surface area contributed by atoms with Gasteiger partial charge in [0, 0.05) is 6.54 Å². The second-order valence-corrected chi connectivity index (χ2v) is 5.55. The summed E-state index contributed by atoms with van der Waals surface area (Å²) in [6, 6.07) is 4.64. The molecule has 0 spiro atoms. The Labute approximate surface area is 102 Å². The molecule has 0 aliphatic rings. The van der Waals surface area contributed by atoms with Crippen LogP contribution in [0.25, 0.3) is 0 Å². The van der Waals surface area contributed by atoms with Gasteiger partial charge in [-0.2, -0.15) is 0 Å². The number of benzene rings is 1. The van der Waals surface area contributed by atoms with Crippen molar-refractivity contribution >= 4 is 5.91 Å². The van der Waals surface area contributed by atoms with E-state index in [4.69, 9.17) is 0 Å². The molecule has 1 rings (SSSR count). The van der Waals surface area contributed by atoms with E-state index in [0.29, 0.717) is 6.54 Å². The summed E-state index contributed by atoms with van der Waals surface area (Å²) in [5.41, 5.74) is 1.09. The zero-order valence-electron chi connectivity index (χ0n) is 10.9. The molecule has 0 aromatic heterocycles. The second-order valence-electron chi connectivity index (χ2n) is 5.55. The van der Waals surface area contributed by atoms with Gasteiger partial charge in [0.1, 0.15) is 5.82 Å². The van der Waals surface area contributed by atoms with E-state index < -0.39 is 5.82 Å². The Kier molecular flexibility index (Phi) is 4.27. The molecule has 0 fully saturated rings. The maximum absolute atomic E-state index is 13.5. The molecule has 3 heteroatoms. The molecule has 17 heavy (non-hydrogen) atoms. The van der Waals surface area contributed by atoms with Crippen LogP contribution >= 0.6 is 0 Å². The first-order valence-electron chi connectivity index (χ1n) is 5.84. The fraction of sp³-hybridized carbons (Fsp3) is 0.500. The summed E-state index contributed by atoms with van der Waals surface area (Å²) < 4.78 is 13.5. The lowest BCUT2D eigenvalue weighted by molar-refractivity contribution is 0.0945. The molecule has 1 aromatic carbocycles. The molecule has 94 valence electrons. The van der Waals surface area contributed by atoms with E-state index in [2.05, 4.69) is 26.1 Å². The minimum absolute atomic E-state index is 0.115. The van der Waals surface area contributed by atoms with Gasteiger partial charge in [-0.15, -0.1) is 0 Å². The first kappa shape index (κ1) is 13.7. The first-order chi connectivity index (χ1) is 7.79. The van der Waals surface area contributed by atoms with Crippen LogP contribution in [0, 0.1) is 18.2 Å². The summed E-state index contributed by atoms with van der Waals surface area (Å²) in [6.07, 6.45) is 0.867. The number of carbonyl (C=O) groups excluding carboxylic acids is 1. The van der Waals surface area contributed by atoms with Crippen molar-refractivity contribution in [2.45, 2.75) is 34.1 Å². The molecule has 0 saturated heterocycles. The Morgan fingerprint density at radius 3 is 2.53 bits per heavy atom. The Hall–Kier alpha value is -1.38. The number of rotatable bonds is 3. The number of aryl methyl sites for hydroxylation is 1. The van der Waals surface area contributed by atoms with Crippen LogP contribution < -0.4 is 5.32 Å². The molecule has 0 aliphatic heterocycles. The highest BCUT2D eigenvalue weighted by Gasteiger charge is 2.13. The molecule has 0 radical (unpaired) electrons. The second kappa shape index (κ2) is 5.30. The zero-order chi connectivity index (χ0) is 13.1. The molecule has 0 atom stereocenters. The largest absolute Gasteiger partial charge is 0.352 e. The fourth-order valence-electron chi connectivity index (χ4n) is 1.45. The lowest BCUT2D eigenvalue weighted by Crippen LogP contribution is -2.28. The number of carbonyl (C=O) groups is 1. The lowest BCUT2D eigenvalue weighted by Gasteiger charge is -2.18. The number of nitrogens with one attached hydrogen (secondary N) is 1. The average Bonchev–Trinajstić information content (AvgIpc) is 2.15. The monoisotopic (exact) mass is 237 g/mol. The van der Waals surface area contributed by atoms with E-state index in [9.17, 15) is 9.18 Å². The maximum atomic E-state index is 13.5. The SMILES string of the molecule is Cc1ccc(C(=O)NCCC(C)(C)C)c(F)c1. The minimum Gasteiger partial charge on any atom is -0.352 e. The van der Waals surface area contributed by atoms with Crippen LogP contribution in [0.2, 0.25) is 0 Å². The van der Waals surface area contributed by atoms with Gasteiger partial charge in [-0.25, -0.2) is 4.39 Å². The molecule has 0 heterocycles. The molecule has 0 saturated carbocycles. The van der Waals surface area contributed by atoms with Crippen molar-refractivity contribution < 1.29 is 9.18 Å². The van der Waals surface area contributed by atoms with Crippen molar-refractivity contribution in [3.05, 3.63) is 35.1 Å². The van der Waals surface area contributed by atoms with Gasteiger partial charge >= 0.3 is 0 Å². The van der Waals surface area contributed by atoms with Gasteiger partial charge in [-0.3, -0.25) is 4.79 Å². The van der Waals surface area contributed by atoms with Gasteiger partial charge in [0.2, 0.25) is 0 Å². The van der Waals surface area contributed by atoms with E-state index in [1.165, 1.54) is 12.1 Å². The third kappa shape index (κ3) is 4.55. The standard InChI is InChI=1S/C14H20FNO/c1-10-5-6-11(12(15)9-10)13(17)16-8-7-14(2,3)4/h5-6,9H,7-8H2,1-4H3,(H,16,17). The van der Waals surface area contributed by atoms with Gasteiger partial charge in [0.15, 0.2) is 0 Å². The molecule has 1 aromatic rings. The van der Waals surface area contributed by atoms with Crippen molar-refractivity contribution in [2.24, 2.45) is 5.41 Å². The summed E-state index contributed by atoms with van der Waals surface area (Å²) >= 11 is 0. The Morgan fingerprint density at radius 2 is 2.00 bits per heavy atom. The van der Waals surface area contributed by atoms with Crippen LogP contribution in [-0.4, -0.2) is 12.5 Å². The normalized spacial score (nSPS) is 11.4. The van der Waals surface area contributed by atoms with Gasteiger partial charge in [0.05, 0.1) is 5.56 Å². The number of hydrogen-bond acceptors (Lipinski definition) is 1. The lowest BCUT2D eigenvalue weighted by atomic mass is 9.92. The quantitative estimate of drug-likeness (QED) is 0.858. The highest BCUT2D eigenvalue weighted by Crippen LogP contribution is 2.17. The van der Waals surface area contributed by atoms with Crippen molar-refractivity contribution in [1.82, 2.24) is 5.32 Å². The van der Waals surface area contributed by atoms with Crippen molar-refractivity contribution in [1.29, 1.82) is 0 Å². The summed E-state index contributed by atoms with van der Waals surface area (Å²) in [4.78, 5) is 11.7. The van der Waals surface area contributed by atoms with Crippen LogP contribution in [0.3, 0.4) is 0 Å². The summed E-state index contributed by atoms with van der Waals surface area (Å²) in [6.45, 7) is 8.67. The molecule has 0 unspecified atom stereocenters. The van der Waals surface area contributed by atoms with E-state index in [1.54, 1.807) is 13.0 Å². The van der Waals surface area contributed by atoms with Crippen molar-refractivity contribution in [3.8, 4) is 0 Å². The fourth-order valence-corrected chi connectivity index (χ4v) is 1.45. The summed E-state index contributed by atoms with van der Waals surface area (Å²) in [7, 11) is 0. The highest BCUT2D eigenvalue weighted by molar-refractivity contribution is 5.94. The molecule has 0 aliphatic carbocycles. The molecule has 2 nitrogen and oxygen atoms in total. The van der Waals surface area contributed by atoms with Crippen LogP contribution in [0.5, 0.6) is 0 Å². The predicted molar refractivity (Wildman–Crippen MR) is 67.5 cm³/mol. The van der Waals surface area contributed by atoms with Crippen LogP contribution in [-0.2, 0) is 0 Å². The maximum Gasteiger partial charge on any atom is 0.254 e. The van der Waals surface area contributed by atoms with Crippen LogP contribution in [0.15, 0.2) is 18.2 Å². The molecule has 0 bridgehead atoms. The third-order valence-electron chi connectivity index (χ3n) is 2.53. The highest BCUT2D eigenvalue weighted by atomic mass is 19.1. The van der Waals surface area contributed by atoms with E-state index in [1.807, 2.05) is 0 Å². The van der Waals surface area contributed by atoms with Crippen LogP contribution in [0.4, 0.5) is 4.39 Å². The van der Waals surface area contributed by atoms with E-state index >= 15 is 0 Å². The topological polar surface area (TPSA) is 29.1 Å². The summed E-state index contributed by atoms with van der Waals surface area (Å²) in [5, 5.41) is 2.74. The molecular formula is C14H20FNO. The van der Waals surface area contributed by atoms with Gasteiger partial charge in [-0.05, 0) is 36.5 Å². The van der Waals surface area contributed by atoms with E-state index in [0.717, 1.165) is 12.0 Å². The average molecular weight is 237 g/mol.